The lowest BCUT2D eigenvalue weighted by atomic mass is 9.86. The van der Waals surface area contributed by atoms with Gasteiger partial charge >= 0.3 is 12.1 Å². The van der Waals surface area contributed by atoms with E-state index in [0.29, 0.717) is 0 Å². The normalized spacial score (nSPS) is 23.5. The molecule has 2 rings (SSSR count). The van der Waals surface area contributed by atoms with Gasteiger partial charge in [-0.3, -0.25) is 9.69 Å². The second-order valence-corrected chi connectivity index (χ2v) is 5.47. The Bertz CT molecular complexity index is 564. The number of carbonyl (C=O) groups is 1. The Labute approximate surface area is 123 Å². The molecule has 0 amide bonds. The number of rotatable bonds is 3. The van der Waals surface area contributed by atoms with E-state index in [1.165, 1.54) is 23.1 Å². The highest BCUT2D eigenvalue weighted by atomic mass is 35.5. The van der Waals surface area contributed by atoms with Crippen LogP contribution in [-0.4, -0.2) is 35.2 Å². The van der Waals surface area contributed by atoms with Crippen molar-refractivity contribution < 1.29 is 27.5 Å². The van der Waals surface area contributed by atoms with Crippen molar-refractivity contribution in [2.45, 2.75) is 19.1 Å². The monoisotopic (exact) mass is 325 g/mol. The van der Waals surface area contributed by atoms with Crippen molar-refractivity contribution in [3.63, 3.8) is 0 Å². The zero-order valence-electron chi connectivity index (χ0n) is 10.8. The third kappa shape index (κ3) is 2.85. The molecule has 1 heterocycles. The predicted octanol–water partition coefficient (Wildman–Crippen LogP) is 3.32. The molecule has 0 spiro atoms. The van der Waals surface area contributed by atoms with Crippen molar-refractivity contribution in [2.75, 3.05) is 13.1 Å². The van der Waals surface area contributed by atoms with Crippen LogP contribution in [0.1, 0.15) is 12.0 Å². The van der Waals surface area contributed by atoms with Crippen LogP contribution in [0.2, 0.25) is 5.02 Å². The van der Waals surface area contributed by atoms with E-state index in [9.17, 15) is 22.4 Å². The molecule has 1 fully saturated rings. The van der Waals surface area contributed by atoms with Crippen molar-refractivity contribution in [3.8, 4) is 0 Å². The van der Waals surface area contributed by atoms with Crippen molar-refractivity contribution >= 4 is 17.6 Å². The van der Waals surface area contributed by atoms with E-state index in [2.05, 4.69) is 0 Å². The minimum atomic E-state index is -4.85. The number of aliphatic carboxylic acids is 1. The van der Waals surface area contributed by atoms with Crippen LogP contribution in [0.15, 0.2) is 18.2 Å². The van der Waals surface area contributed by atoms with Gasteiger partial charge in [-0.2, -0.15) is 13.2 Å². The highest BCUT2D eigenvalue weighted by Gasteiger charge is 2.63. The molecule has 1 aliphatic heterocycles. The second kappa shape index (κ2) is 5.46. The van der Waals surface area contributed by atoms with Crippen LogP contribution in [0.4, 0.5) is 17.6 Å². The fourth-order valence-corrected chi connectivity index (χ4v) is 2.66. The average Bonchev–Trinajstić information content (AvgIpc) is 2.80. The molecule has 3 nitrogen and oxygen atoms in total. The number of hydrogen-bond donors (Lipinski definition) is 1. The maximum Gasteiger partial charge on any atom is 0.406 e. The summed E-state index contributed by atoms with van der Waals surface area (Å²) in [7, 11) is 0. The fraction of sp³-hybridized carbons (Fsp3) is 0.462. The summed E-state index contributed by atoms with van der Waals surface area (Å²) >= 11 is 5.61. The van der Waals surface area contributed by atoms with Crippen LogP contribution in [0.25, 0.3) is 0 Å². The number of halogens is 5. The Kier molecular flexibility index (Phi) is 4.17. The molecule has 1 aliphatic rings. The van der Waals surface area contributed by atoms with Crippen molar-refractivity contribution in [1.82, 2.24) is 4.90 Å². The van der Waals surface area contributed by atoms with Crippen LogP contribution in [0.3, 0.4) is 0 Å². The lowest BCUT2D eigenvalue weighted by Crippen LogP contribution is -2.47. The summed E-state index contributed by atoms with van der Waals surface area (Å²) in [6.07, 6.45) is -5.39. The molecule has 0 saturated carbocycles. The van der Waals surface area contributed by atoms with Gasteiger partial charge in [0.05, 0.1) is 5.02 Å². The van der Waals surface area contributed by atoms with Gasteiger partial charge in [0.1, 0.15) is 5.82 Å². The van der Waals surface area contributed by atoms with Gasteiger partial charge in [-0.15, -0.1) is 0 Å². The molecule has 0 aromatic heterocycles. The van der Waals surface area contributed by atoms with Crippen molar-refractivity contribution in [2.24, 2.45) is 5.41 Å². The summed E-state index contributed by atoms with van der Waals surface area (Å²) in [5.74, 6) is -2.59. The summed E-state index contributed by atoms with van der Waals surface area (Å²) in [6.45, 7) is -0.882. The molecular formula is C13H12ClF4NO2. The molecule has 21 heavy (non-hydrogen) atoms. The number of hydrogen-bond acceptors (Lipinski definition) is 2. The van der Waals surface area contributed by atoms with Crippen LogP contribution in [0, 0.1) is 11.2 Å². The van der Waals surface area contributed by atoms with Gasteiger partial charge in [0.15, 0.2) is 5.41 Å². The molecule has 0 aliphatic carbocycles. The Hall–Kier alpha value is -1.34. The highest BCUT2D eigenvalue weighted by molar-refractivity contribution is 6.30. The van der Waals surface area contributed by atoms with Gasteiger partial charge in [0, 0.05) is 25.2 Å². The average molecular weight is 326 g/mol. The van der Waals surface area contributed by atoms with Gasteiger partial charge in [0.2, 0.25) is 0 Å². The Morgan fingerprint density at radius 3 is 2.62 bits per heavy atom. The van der Waals surface area contributed by atoms with E-state index >= 15 is 0 Å². The molecule has 1 aromatic carbocycles. The number of carboxylic acid groups (broad SMARTS) is 1. The van der Waals surface area contributed by atoms with E-state index < -0.39 is 36.3 Å². The number of alkyl halides is 3. The zero-order valence-corrected chi connectivity index (χ0v) is 11.5. The maximum atomic E-state index is 13.7. The number of carboxylic acids is 1. The van der Waals surface area contributed by atoms with Crippen molar-refractivity contribution in [1.29, 1.82) is 0 Å². The molecule has 1 unspecified atom stereocenters. The fourth-order valence-electron chi connectivity index (χ4n) is 2.46. The minimum Gasteiger partial charge on any atom is -0.481 e. The number of benzene rings is 1. The number of nitrogens with zero attached hydrogens (tertiary/aromatic N) is 1. The lowest BCUT2D eigenvalue weighted by molar-refractivity contribution is -0.227. The highest BCUT2D eigenvalue weighted by Crippen LogP contribution is 2.46. The topological polar surface area (TPSA) is 40.5 Å². The summed E-state index contributed by atoms with van der Waals surface area (Å²) in [5.41, 5.74) is -2.65. The van der Waals surface area contributed by atoms with E-state index in [0.717, 1.165) is 0 Å². The third-order valence-corrected chi connectivity index (χ3v) is 4.02. The first-order chi connectivity index (χ1) is 9.67. The zero-order chi connectivity index (χ0) is 15.8. The van der Waals surface area contributed by atoms with Gasteiger partial charge in [-0.25, -0.2) is 4.39 Å². The van der Waals surface area contributed by atoms with Crippen LogP contribution in [-0.2, 0) is 11.3 Å². The molecule has 116 valence electrons. The molecule has 1 atom stereocenters. The van der Waals surface area contributed by atoms with Gasteiger partial charge in [-0.1, -0.05) is 23.7 Å². The Morgan fingerprint density at radius 1 is 1.43 bits per heavy atom. The molecular weight excluding hydrogens is 314 g/mol. The first-order valence-electron chi connectivity index (χ1n) is 6.13. The molecule has 8 heteroatoms. The lowest BCUT2D eigenvalue weighted by Gasteiger charge is -2.27. The summed E-state index contributed by atoms with van der Waals surface area (Å²) < 4.78 is 52.8. The predicted molar refractivity (Wildman–Crippen MR) is 67.4 cm³/mol. The molecule has 0 bridgehead atoms. The van der Waals surface area contributed by atoms with E-state index in [-0.39, 0.29) is 23.7 Å². The smallest absolute Gasteiger partial charge is 0.406 e. The largest absolute Gasteiger partial charge is 0.481 e. The second-order valence-electron chi connectivity index (χ2n) is 5.06. The minimum absolute atomic E-state index is 0.0717. The third-order valence-electron chi connectivity index (χ3n) is 3.73. The SMILES string of the molecule is O=C(O)C1(C(F)(F)F)CCN(Cc2cccc(Cl)c2F)C1. The van der Waals surface area contributed by atoms with E-state index in [1.54, 1.807) is 0 Å². The Balaban J connectivity index is 2.19. The van der Waals surface area contributed by atoms with Crippen LogP contribution < -0.4 is 0 Å². The van der Waals surface area contributed by atoms with Gasteiger partial charge in [-0.05, 0) is 12.5 Å². The molecule has 1 saturated heterocycles. The first-order valence-corrected chi connectivity index (χ1v) is 6.50. The molecule has 1 aromatic rings. The number of likely N-dealkylation sites (tertiary alicyclic amines) is 1. The first kappa shape index (κ1) is 16.0. The quantitative estimate of drug-likeness (QED) is 0.867. The summed E-state index contributed by atoms with van der Waals surface area (Å²) in [4.78, 5) is 12.3. The maximum absolute atomic E-state index is 13.7. The van der Waals surface area contributed by atoms with Crippen LogP contribution in [0.5, 0.6) is 0 Å². The van der Waals surface area contributed by atoms with Gasteiger partial charge in [0.25, 0.3) is 0 Å². The Morgan fingerprint density at radius 2 is 2.10 bits per heavy atom. The van der Waals surface area contributed by atoms with Crippen LogP contribution >= 0.6 is 11.6 Å². The summed E-state index contributed by atoms with van der Waals surface area (Å²) in [5, 5.41) is 8.82. The van der Waals surface area contributed by atoms with E-state index in [1.807, 2.05) is 0 Å². The summed E-state index contributed by atoms with van der Waals surface area (Å²) in [6, 6.07) is 4.24. The van der Waals surface area contributed by atoms with Crippen molar-refractivity contribution in [3.05, 3.63) is 34.6 Å². The standard InChI is InChI=1S/C13H12ClF4NO2/c14-9-3-1-2-8(10(9)15)6-19-5-4-12(7-19,11(20)21)13(16,17)18/h1-3H,4-7H2,(H,20,21). The molecule has 0 radical (unpaired) electrons. The van der Waals surface area contributed by atoms with E-state index in [4.69, 9.17) is 16.7 Å². The van der Waals surface area contributed by atoms with Gasteiger partial charge < -0.3 is 5.11 Å². The molecule has 1 N–H and O–H groups in total.